The van der Waals surface area contributed by atoms with E-state index in [1.54, 1.807) is 11.9 Å². The molecule has 1 aliphatic carbocycles. The van der Waals surface area contributed by atoms with Crippen LogP contribution in [0.25, 0.3) is 0 Å². The number of hydrogen-bond acceptors (Lipinski definition) is 5. The molecule has 0 aromatic carbocycles. The van der Waals surface area contributed by atoms with Crippen molar-refractivity contribution in [2.45, 2.75) is 38.6 Å². The number of thiophene rings is 1. The van der Waals surface area contributed by atoms with Gasteiger partial charge in [0, 0.05) is 17.8 Å². The van der Waals surface area contributed by atoms with Gasteiger partial charge in [0.25, 0.3) is 5.91 Å². The van der Waals surface area contributed by atoms with Crippen LogP contribution in [0.15, 0.2) is 16.7 Å². The number of nitrogens with zero attached hydrogens (tertiary/aromatic N) is 3. The molecule has 0 N–H and O–H groups in total. The Morgan fingerprint density at radius 2 is 2.30 bits per heavy atom. The summed E-state index contributed by atoms with van der Waals surface area (Å²) in [5, 5.41) is 3.96. The third-order valence-electron chi connectivity index (χ3n) is 3.61. The Labute approximate surface area is 121 Å². The molecule has 0 aliphatic heterocycles. The molecule has 106 valence electrons. The van der Waals surface area contributed by atoms with E-state index in [9.17, 15) is 4.79 Å². The predicted molar refractivity (Wildman–Crippen MR) is 75.7 cm³/mol. The summed E-state index contributed by atoms with van der Waals surface area (Å²) < 4.78 is 5.26. The van der Waals surface area contributed by atoms with Gasteiger partial charge in [-0.15, -0.1) is 11.3 Å². The lowest BCUT2D eigenvalue weighted by Gasteiger charge is -2.20. The van der Waals surface area contributed by atoms with Crippen molar-refractivity contribution in [2.24, 2.45) is 0 Å². The van der Waals surface area contributed by atoms with Crippen LogP contribution in [0.3, 0.4) is 0 Å². The van der Waals surface area contributed by atoms with Crippen LogP contribution in [-0.2, 0) is 6.54 Å². The molecule has 0 atom stereocenters. The Balaban J connectivity index is 1.64. The SMILES string of the molecule is Cc1ccc(C(=O)N(C)Cc2noc(C3CCC3)n2)s1. The van der Waals surface area contributed by atoms with Gasteiger partial charge in [-0.1, -0.05) is 11.6 Å². The standard InChI is InChI=1S/C14H17N3O2S/c1-9-6-7-11(20-9)14(18)17(2)8-12-15-13(19-16-12)10-4-3-5-10/h6-7,10H,3-5,8H2,1-2H3. The molecular formula is C14H17N3O2S. The minimum Gasteiger partial charge on any atom is -0.339 e. The maximum Gasteiger partial charge on any atom is 0.264 e. The van der Waals surface area contributed by atoms with Crippen LogP contribution < -0.4 is 0 Å². The number of carbonyl (C=O) groups is 1. The van der Waals surface area contributed by atoms with Crippen molar-refractivity contribution < 1.29 is 9.32 Å². The van der Waals surface area contributed by atoms with Crippen LogP contribution in [0.5, 0.6) is 0 Å². The molecule has 2 aromatic rings. The number of aromatic nitrogens is 2. The largest absolute Gasteiger partial charge is 0.339 e. The second-order valence-electron chi connectivity index (χ2n) is 5.25. The molecule has 0 spiro atoms. The molecule has 3 rings (SSSR count). The Kier molecular flexibility index (Phi) is 3.56. The second kappa shape index (κ2) is 5.36. The summed E-state index contributed by atoms with van der Waals surface area (Å²) in [5.41, 5.74) is 0. The summed E-state index contributed by atoms with van der Waals surface area (Å²) in [6.45, 7) is 2.37. The molecule has 1 saturated carbocycles. The monoisotopic (exact) mass is 291 g/mol. The van der Waals surface area contributed by atoms with Crippen LogP contribution in [0.4, 0.5) is 0 Å². The molecule has 0 bridgehead atoms. The third-order valence-corrected chi connectivity index (χ3v) is 4.60. The Morgan fingerprint density at radius 3 is 2.90 bits per heavy atom. The van der Waals surface area contributed by atoms with Gasteiger partial charge in [0.15, 0.2) is 5.82 Å². The highest BCUT2D eigenvalue weighted by Crippen LogP contribution is 2.35. The van der Waals surface area contributed by atoms with Crippen LogP contribution in [-0.4, -0.2) is 28.0 Å². The highest BCUT2D eigenvalue weighted by atomic mass is 32.1. The van der Waals surface area contributed by atoms with Crippen molar-refractivity contribution in [2.75, 3.05) is 7.05 Å². The number of hydrogen-bond donors (Lipinski definition) is 0. The summed E-state index contributed by atoms with van der Waals surface area (Å²) in [5.74, 6) is 1.73. The highest BCUT2D eigenvalue weighted by molar-refractivity contribution is 7.13. The number of rotatable bonds is 4. The molecule has 0 radical (unpaired) electrons. The first kappa shape index (κ1) is 13.3. The minimum atomic E-state index is -0.00176. The molecule has 6 heteroatoms. The Morgan fingerprint density at radius 1 is 1.50 bits per heavy atom. The Hall–Kier alpha value is -1.69. The Bertz CT molecular complexity index is 615. The van der Waals surface area contributed by atoms with Gasteiger partial charge in [-0.25, -0.2) is 0 Å². The molecule has 0 saturated heterocycles. The van der Waals surface area contributed by atoms with Crippen molar-refractivity contribution in [3.8, 4) is 0 Å². The summed E-state index contributed by atoms with van der Waals surface area (Å²) in [6, 6.07) is 3.81. The average Bonchev–Trinajstić information content (AvgIpc) is 2.96. The van der Waals surface area contributed by atoms with Gasteiger partial charge >= 0.3 is 0 Å². The van der Waals surface area contributed by atoms with Gasteiger partial charge in [0.2, 0.25) is 5.89 Å². The summed E-state index contributed by atoms with van der Waals surface area (Å²) >= 11 is 1.50. The van der Waals surface area contributed by atoms with Gasteiger partial charge < -0.3 is 9.42 Å². The van der Waals surface area contributed by atoms with Crippen LogP contribution >= 0.6 is 11.3 Å². The smallest absolute Gasteiger partial charge is 0.264 e. The summed E-state index contributed by atoms with van der Waals surface area (Å²) in [7, 11) is 1.76. The normalized spacial score (nSPS) is 15.1. The summed E-state index contributed by atoms with van der Waals surface area (Å²) in [6.07, 6.45) is 3.49. The van der Waals surface area contributed by atoms with Crippen LogP contribution in [0.1, 0.15) is 51.4 Å². The minimum absolute atomic E-state index is 0.00176. The number of carbonyl (C=O) groups excluding carboxylic acids is 1. The first-order valence-electron chi connectivity index (χ1n) is 6.78. The lowest BCUT2D eigenvalue weighted by Crippen LogP contribution is -2.26. The van der Waals surface area contributed by atoms with Crippen molar-refractivity contribution >= 4 is 17.2 Å². The van der Waals surface area contributed by atoms with Gasteiger partial charge in [-0.05, 0) is 31.9 Å². The molecular weight excluding hydrogens is 274 g/mol. The fourth-order valence-electron chi connectivity index (χ4n) is 2.17. The molecule has 2 heterocycles. The van der Waals surface area contributed by atoms with Gasteiger partial charge in [0.1, 0.15) is 0 Å². The zero-order valence-electron chi connectivity index (χ0n) is 11.6. The fourth-order valence-corrected chi connectivity index (χ4v) is 3.04. The van der Waals surface area contributed by atoms with Crippen LogP contribution in [0.2, 0.25) is 0 Å². The zero-order chi connectivity index (χ0) is 14.1. The quantitative estimate of drug-likeness (QED) is 0.869. The molecule has 5 nitrogen and oxygen atoms in total. The first-order chi connectivity index (χ1) is 9.63. The van der Waals surface area contributed by atoms with E-state index in [-0.39, 0.29) is 5.91 Å². The maximum atomic E-state index is 12.2. The summed E-state index contributed by atoms with van der Waals surface area (Å²) in [4.78, 5) is 20.1. The van der Waals surface area contributed by atoms with E-state index in [1.807, 2.05) is 19.1 Å². The van der Waals surface area contributed by atoms with E-state index in [0.29, 0.717) is 18.3 Å². The predicted octanol–water partition coefficient (Wildman–Crippen LogP) is 2.98. The number of amides is 1. The van der Waals surface area contributed by atoms with Crippen molar-refractivity contribution in [3.63, 3.8) is 0 Å². The molecule has 1 amide bonds. The van der Waals surface area contributed by atoms with E-state index in [2.05, 4.69) is 10.1 Å². The van der Waals surface area contributed by atoms with E-state index >= 15 is 0 Å². The van der Waals surface area contributed by atoms with Gasteiger partial charge in [-0.2, -0.15) is 4.98 Å². The molecule has 0 unspecified atom stereocenters. The average molecular weight is 291 g/mol. The third kappa shape index (κ3) is 2.60. The zero-order valence-corrected chi connectivity index (χ0v) is 12.4. The highest BCUT2D eigenvalue weighted by Gasteiger charge is 2.26. The molecule has 1 aliphatic rings. The fraction of sp³-hybridized carbons (Fsp3) is 0.500. The molecule has 1 fully saturated rings. The maximum absolute atomic E-state index is 12.2. The second-order valence-corrected chi connectivity index (χ2v) is 6.54. The number of aryl methyl sites for hydroxylation is 1. The van der Waals surface area contributed by atoms with E-state index < -0.39 is 0 Å². The van der Waals surface area contributed by atoms with Crippen LogP contribution in [0, 0.1) is 6.92 Å². The van der Waals surface area contributed by atoms with Crippen molar-refractivity contribution in [3.05, 3.63) is 33.6 Å². The topological polar surface area (TPSA) is 59.2 Å². The van der Waals surface area contributed by atoms with E-state index in [4.69, 9.17) is 4.52 Å². The van der Waals surface area contributed by atoms with E-state index in [0.717, 1.165) is 28.5 Å². The first-order valence-corrected chi connectivity index (χ1v) is 7.59. The molecule has 2 aromatic heterocycles. The lowest BCUT2D eigenvalue weighted by atomic mass is 9.85. The van der Waals surface area contributed by atoms with Crippen molar-refractivity contribution in [1.29, 1.82) is 0 Å². The lowest BCUT2D eigenvalue weighted by molar-refractivity contribution is 0.0785. The van der Waals surface area contributed by atoms with Crippen molar-refractivity contribution in [1.82, 2.24) is 15.0 Å². The van der Waals surface area contributed by atoms with Gasteiger partial charge in [0.05, 0.1) is 11.4 Å². The van der Waals surface area contributed by atoms with Gasteiger partial charge in [-0.3, -0.25) is 4.79 Å². The van der Waals surface area contributed by atoms with E-state index in [1.165, 1.54) is 17.8 Å². The molecule has 20 heavy (non-hydrogen) atoms.